The standard InChI is InChI=1S/C13H19NO2/c1-3-15-11-4-5-13(10(2)8-11)16-12-6-7-14-9-12/h4-5,8,12,14H,3,6-7,9H2,1-2H3. The molecular formula is C13H19NO2. The zero-order valence-electron chi connectivity index (χ0n) is 9.95. The molecule has 1 atom stereocenters. The molecule has 2 rings (SSSR count). The molecule has 0 spiro atoms. The molecule has 0 bridgehead atoms. The van der Waals surface area contributed by atoms with Gasteiger partial charge in [-0.15, -0.1) is 0 Å². The molecule has 0 radical (unpaired) electrons. The van der Waals surface area contributed by atoms with Crippen molar-refractivity contribution in [3.63, 3.8) is 0 Å². The van der Waals surface area contributed by atoms with Gasteiger partial charge >= 0.3 is 0 Å². The zero-order valence-corrected chi connectivity index (χ0v) is 9.95. The summed E-state index contributed by atoms with van der Waals surface area (Å²) in [6, 6.07) is 5.99. The Balaban J connectivity index is 2.03. The summed E-state index contributed by atoms with van der Waals surface area (Å²) in [6.45, 7) is 6.75. The van der Waals surface area contributed by atoms with Crippen molar-refractivity contribution in [2.75, 3.05) is 19.7 Å². The Hall–Kier alpha value is -1.22. The van der Waals surface area contributed by atoms with Gasteiger partial charge in [0.15, 0.2) is 0 Å². The average Bonchev–Trinajstić information content (AvgIpc) is 2.75. The molecule has 3 nitrogen and oxygen atoms in total. The van der Waals surface area contributed by atoms with E-state index in [1.807, 2.05) is 25.1 Å². The molecule has 1 unspecified atom stereocenters. The van der Waals surface area contributed by atoms with E-state index in [1.54, 1.807) is 0 Å². The molecule has 1 aromatic rings. The smallest absolute Gasteiger partial charge is 0.122 e. The van der Waals surface area contributed by atoms with Gasteiger partial charge in [-0.3, -0.25) is 0 Å². The van der Waals surface area contributed by atoms with Crippen molar-refractivity contribution in [3.8, 4) is 11.5 Å². The van der Waals surface area contributed by atoms with Crippen molar-refractivity contribution >= 4 is 0 Å². The van der Waals surface area contributed by atoms with Crippen molar-refractivity contribution in [1.82, 2.24) is 5.32 Å². The number of hydrogen-bond acceptors (Lipinski definition) is 3. The third-order valence-electron chi connectivity index (χ3n) is 2.77. The van der Waals surface area contributed by atoms with Crippen molar-refractivity contribution in [2.45, 2.75) is 26.4 Å². The predicted octanol–water partition coefficient (Wildman–Crippen LogP) is 2.13. The van der Waals surface area contributed by atoms with Crippen LogP contribution in [0.1, 0.15) is 18.9 Å². The van der Waals surface area contributed by atoms with Crippen molar-refractivity contribution in [3.05, 3.63) is 23.8 Å². The summed E-state index contributed by atoms with van der Waals surface area (Å²) in [6.07, 6.45) is 1.41. The Morgan fingerprint density at radius 3 is 2.94 bits per heavy atom. The Morgan fingerprint density at radius 2 is 2.31 bits per heavy atom. The molecule has 1 aliphatic rings. The SMILES string of the molecule is CCOc1ccc(OC2CCNC2)c(C)c1. The lowest BCUT2D eigenvalue weighted by molar-refractivity contribution is 0.221. The van der Waals surface area contributed by atoms with Crippen LogP contribution >= 0.6 is 0 Å². The monoisotopic (exact) mass is 221 g/mol. The highest BCUT2D eigenvalue weighted by Gasteiger charge is 2.16. The van der Waals surface area contributed by atoms with Gasteiger partial charge in [0.05, 0.1) is 6.61 Å². The molecule has 1 aliphatic heterocycles. The fourth-order valence-electron chi connectivity index (χ4n) is 1.92. The molecule has 0 saturated carbocycles. The molecule has 0 aliphatic carbocycles. The molecule has 1 aromatic carbocycles. The van der Waals surface area contributed by atoms with Gasteiger partial charge in [-0.1, -0.05) is 0 Å². The van der Waals surface area contributed by atoms with Crippen LogP contribution in [0.2, 0.25) is 0 Å². The Morgan fingerprint density at radius 1 is 1.44 bits per heavy atom. The third-order valence-corrected chi connectivity index (χ3v) is 2.77. The second-order valence-corrected chi connectivity index (χ2v) is 4.09. The first-order valence-electron chi connectivity index (χ1n) is 5.90. The predicted molar refractivity (Wildman–Crippen MR) is 64.3 cm³/mol. The second-order valence-electron chi connectivity index (χ2n) is 4.09. The lowest BCUT2D eigenvalue weighted by atomic mass is 10.2. The Bertz CT molecular complexity index is 346. The van der Waals surface area contributed by atoms with E-state index in [0.717, 1.165) is 36.6 Å². The third kappa shape index (κ3) is 2.67. The van der Waals surface area contributed by atoms with E-state index in [1.165, 1.54) is 0 Å². The number of hydrogen-bond donors (Lipinski definition) is 1. The minimum absolute atomic E-state index is 0.316. The van der Waals surface area contributed by atoms with E-state index in [-0.39, 0.29) is 0 Å². The van der Waals surface area contributed by atoms with E-state index in [0.29, 0.717) is 12.7 Å². The molecule has 88 valence electrons. The lowest BCUT2D eigenvalue weighted by Crippen LogP contribution is -2.19. The largest absolute Gasteiger partial charge is 0.494 e. The van der Waals surface area contributed by atoms with Crippen molar-refractivity contribution in [1.29, 1.82) is 0 Å². The van der Waals surface area contributed by atoms with Gasteiger partial charge in [0.1, 0.15) is 17.6 Å². The van der Waals surface area contributed by atoms with Crippen LogP contribution in [0, 0.1) is 6.92 Å². The second kappa shape index (κ2) is 5.21. The number of aryl methyl sites for hydroxylation is 1. The molecule has 0 amide bonds. The van der Waals surface area contributed by atoms with Crippen LogP contribution < -0.4 is 14.8 Å². The van der Waals surface area contributed by atoms with Crippen LogP contribution in [-0.4, -0.2) is 25.8 Å². The van der Waals surface area contributed by atoms with Crippen LogP contribution in [0.25, 0.3) is 0 Å². The van der Waals surface area contributed by atoms with Gasteiger partial charge in [0, 0.05) is 6.54 Å². The Labute approximate surface area is 96.8 Å². The maximum absolute atomic E-state index is 5.92. The fraction of sp³-hybridized carbons (Fsp3) is 0.538. The quantitative estimate of drug-likeness (QED) is 0.845. The lowest BCUT2D eigenvalue weighted by Gasteiger charge is -2.15. The molecule has 1 saturated heterocycles. The number of nitrogens with one attached hydrogen (secondary N) is 1. The van der Waals surface area contributed by atoms with Crippen LogP contribution in [0.15, 0.2) is 18.2 Å². The minimum Gasteiger partial charge on any atom is -0.494 e. The summed E-state index contributed by atoms with van der Waals surface area (Å²) in [7, 11) is 0. The molecule has 1 N–H and O–H groups in total. The van der Waals surface area contributed by atoms with Crippen LogP contribution in [0.4, 0.5) is 0 Å². The highest BCUT2D eigenvalue weighted by Crippen LogP contribution is 2.25. The topological polar surface area (TPSA) is 30.5 Å². The van der Waals surface area contributed by atoms with Gasteiger partial charge in [-0.05, 0) is 50.6 Å². The minimum atomic E-state index is 0.316. The molecule has 1 fully saturated rings. The van der Waals surface area contributed by atoms with Gasteiger partial charge in [-0.25, -0.2) is 0 Å². The summed E-state index contributed by atoms with van der Waals surface area (Å²) < 4.78 is 11.4. The Kier molecular flexibility index (Phi) is 3.67. The van der Waals surface area contributed by atoms with Gasteiger partial charge < -0.3 is 14.8 Å². The van der Waals surface area contributed by atoms with E-state index in [9.17, 15) is 0 Å². The zero-order chi connectivity index (χ0) is 11.4. The van der Waals surface area contributed by atoms with Crippen molar-refractivity contribution < 1.29 is 9.47 Å². The van der Waals surface area contributed by atoms with Crippen LogP contribution in [0.5, 0.6) is 11.5 Å². The molecular weight excluding hydrogens is 202 g/mol. The molecule has 16 heavy (non-hydrogen) atoms. The molecule has 1 heterocycles. The highest BCUT2D eigenvalue weighted by molar-refractivity contribution is 5.39. The number of rotatable bonds is 4. The number of ether oxygens (including phenoxy) is 2. The van der Waals surface area contributed by atoms with E-state index < -0.39 is 0 Å². The first kappa shape index (κ1) is 11.3. The summed E-state index contributed by atoms with van der Waals surface area (Å²) in [4.78, 5) is 0. The van der Waals surface area contributed by atoms with Gasteiger partial charge in [-0.2, -0.15) is 0 Å². The highest BCUT2D eigenvalue weighted by atomic mass is 16.5. The maximum Gasteiger partial charge on any atom is 0.122 e. The fourth-order valence-corrected chi connectivity index (χ4v) is 1.92. The summed E-state index contributed by atoms with van der Waals surface area (Å²) in [5.74, 6) is 1.88. The normalized spacial score (nSPS) is 19.8. The van der Waals surface area contributed by atoms with Crippen LogP contribution in [0.3, 0.4) is 0 Å². The van der Waals surface area contributed by atoms with E-state index in [4.69, 9.17) is 9.47 Å². The maximum atomic E-state index is 5.92. The summed E-state index contributed by atoms with van der Waals surface area (Å²) in [5, 5.41) is 3.29. The van der Waals surface area contributed by atoms with Gasteiger partial charge in [0.2, 0.25) is 0 Å². The number of benzene rings is 1. The van der Waals surface area contributed by atoms with E-state index in [2.05, 4.69) is 12.2 Å². The summed E-state index contributed by atoms with van der Waals surface area (Å²) >= 11 is 0. The van der Waals surface area contributed by atoms with Crippen molar-refractivity contribution in [2.24, 2.45) is 0 Å². The first-order chi connectivity index (χ1) is 7.79. The molecule has 3 heteroatoms. The van der Waals surface area contributed by atoms with Gasteiger partial charge in [0.25, 0.3) is 0 Å². The van der Waals surface area contributed by atoms with Crippen LogP contribution in [-0.2, 0) is 0 Å². The first-order valence-corrected chi connectivity index (χ1v) is 5.90. The van der Waals surface area contributed by atoms with E-state index >= 15 is 0 Å². The average molecular weight is 221 g/mol. The summed E-state index contributed by atoms with van der Waals surface area (Å²) in [5.41, 5.74) is 1.14. The molecule has 0 aromatic heterocycles.